The van der Waals surface area contributed by atoms with Gasteiger partial charge in [0, 0.05) is 0 Å². The Kier molecular flexibility index (Phi) is 3.01. The summed E-state index contributed by atoms with van der Waals surface area (Å²) in [5, 5.41) is 1.92. The molecule has 2 heterocycles. The molecule has 0 radical (unpaired) electrons. The number of benzene rings is 1. The van der Waals surface area contributed by atoms with Gasteiger partial charge in [0.05, 0.1) is 4.88 Å². The lowest BCUT2D eigenvalue weighted by Gasteiger charge is -1.95. The minimum Gasteiger partial charge on any atom is -0.401 e. The summed E-state index contributed by atoms with van der Waals surface area (Å²) in [5.41, 5.74) is 2.43. The Bertz CT molecular complexity index is 684. The number of carbonyl (C=O) groups excluding carboxylic acids is 1. The van der Waals surface area contributed by atoms with Gasteiger partial charge >= 0.3 is 5.97 Å². The third-order valence-corrected chi connectivity index (χ3v) is 3.56. The van der Waals surface area contributed by atoms with Gasteiger partial charge in [-0.25, -0.2) is 9.79 Å². The lowest BCUT2D eigenvalue weighted by Crippen LogP contribution is -2.03. The first-order valence-corrected chi connectivity index (χ1v) is 6.73. The summed E-state index contributed by atoms with van der Waals surface area (Å²) in [6.07, 6.45) is 1.75. The summed E-state index contributed by atoms with van der Waals surface area (Å²) < 4.78 is 5.17. The van der Waals surface area contributed by atoms with Crippen molar-refractivity contribution >= 4 is 29.3 Å². The molecule has 3 nitrogen and oxygen atoms in total. The van der Waals surface area contributed by atoms with Crippen LogP contribution in [0.4, 0.5) is 0 Å². The van der Waals surface area contributed by atoms with E-state index in [0.717, 1.165) is 16.0 Å². The second-order valence-corrected chi connectivity index (χ2v) is 5.18. The van der Waals surface area contributed by atoms with E-state index in [2.05, 4.69) is 4.99 Å². The van der Waals surface area contributed by atoms with Crippen LogP contribution in [-0.4, -0.2) is 11.9 Å². The van der Waals surface area contributed by atoms with Gasteiger partial charge in [0.25, 0.3) is 0 Å². The fourth-order valence-corrected chi connectivity index (χ4v) is 2.48. The van der Waals surface area contributed by atoms with E-state index in [-0.39, 0.29) is 0 Å². The van der Waals surface area contributed by atoms with Gasteiger partial charge in [-0.05, 0) is 30.0 Å². The molecule has 1 aliphatic heterocycles. The van der Waals surface area contributed by atoms with Crippen LogP contribution in [0, 0.1) is 6.92 Å². The summed E-state index contributed by atoms with van der Waals surface area (Å²) in [6.45, 7) is 2.01. The van der Waals surface area contributed by atoms with Crippen LogP contribution in [0.15, 0.2) is 52.5 Å². The zero-order chi connectivity index (χ0) is 13.2. The predicted octanol–water partition coefficient (Wildman–Crippen LogP) is 3.40. The van der Waals surface area contributed by atoms with E-state index in [4.69, 9.17) is 4.74 Å². The zero-order valence-electron chi connectivity index (χ0n) is 10.3. The van der Waals surface area contributed by atoms with Gasteiger partial charge in [-0.15, -0.1) is 11.3 Å². The first-order chi connectivity index (χ1) is 9.22. The second kappa shape index (κ2) is 4.82. The number of carbonyl (C=O) groups is 1. The number of rotatable bonds is 2. The molecular formula is C15H11NO2S. The van der Waals surface area contributed by atoms with E-state index < -0.39 is 5.97 Å². The van der Waals surface area contributed by atoms with Gasteiger partial charge in [-0.3, -0.25) is 0 Å². The Morgan fingerprint density at radius 2 is 2.16 bits per heavy atom. The second-order valence-electron chi connectivity index (χ2n) is 4.23. The fourth-order valence-electron chi connectivity index (χ4n) is 1.83. The number of aryl methyl sites for hydroxylation is 1. The normalized spacial score (nSPS) is 16.6. The third kappa shape index (κ3) is 2.48. The SMILES string of the molecule is Cc1cccc(/C=C2/N=C(c3cccs3)OC2=O)c1. The molecule has 0 saturated heterocycles. The summed E-state index contributed by atoms with van der Waals surface area (Å²) in [7, 11) is 0. The van der Waals surface area contributed by atoms with Crippen molar-refractivity contribution in [2.45, 2.75) is 6.92 Å². The molecular weight excluding hydrogens is 258 g/mol. The van der Waals surface area contributed by atoms with Gasteiger partial charge in [0.2, 0.25) is 5.90 Å². The van der Waals surface area contributed by atoms with E-state index in [0.29, 0.717) is 11.6 Å². The quantitative estimate of drug-likeness (QED) is 0.619. The molecule has 94 valence electrons. The maximum Gasteiger partial charge on any atom is 0.363 e. The van der Waals surface area contributed by atoms with Crippen molar-refractivity contribution < 1.29 is 9.53 Å². The Morgan fingerprint density at radius 3 is 2.89 bits per heavy atom. The van der Waals surface area contributed by atoms with Crippen molar-refractivity contribution in [1.82, 2.24) is 0 Å². The molecule has 0 fully saturated rings. The van der Waals surface area contributed by atoms with Crippen LogP contribution in [0.2, 0.25) is 0 Å². The molecule has 1 aromatic carbocycles. The van der Waals surface area contributed by atoms with E-state index in [9.17, 15) is 4.79 Å². The number of cyclic esters (lactones) is 1. The minimum atomic E-state index is -0.398. The number of nitrogens with zero attached hydrogens (tertiary/aromatic N) is 1. The number of aliphatic imine (C=N–C) groups is 1. The van der Waals surface area contributed by atoms with E-state index >= 15 is 0 Å². The van der Waals surface area contributed by atoms with Gasteiger partial charge < -0.3 is 4.74 Å². The van der Waals surface area contributed by atoms with Crippen LogP contribution in [0.5, 0.6) is 0 Å². The predicted molar refractivity (Wildman–Crippen MR) is 76.1 cm³/mol. The van der Waals surface area contributed by atoms with Crippen molar-refractivity contribution in [2.24, 2.45) is 4.99 Å². The molecule has 2 aromatic rings. The smallest absolute Gasteiger partial charge is 0.363 e. The van der Waals surface area contributed by atoms with Crippen LogP contribution in [0.1, 0.15) is 16.0 Å². The molecule has 0 spiro atoms. The molecule has 3 rings (SSSR count). The molecule has 4 heteroatoms. The van der Waals surface area contributed by atoms with Crippen LogP contribution in [0.25, 0.3) is 6.08 Å². The van der Waals surface area contributed by atoms with Crippen LogP contribution < -0.4 is 0 Å². The highest BCUT2D eigenvalue weighted by molar-refractivity contribution is 7.12. The van der Waals surface area contributed by atoms with Gasteiger partial charge in [-0.2, -0.15) is 0 Å². The highest BCUT2D eigenvalue weighted by atomic mass is 32.1. The first-order valence-electron chi connectivity index (χ1n) is 5.85. The van der Waals surface area contributed by atoms with Gasteiger partial charge in [0.15, 0.2) is 5.70 Å². The van der Waals surface area contributed by atoms with Crippen LogP contribution >= 0.6 is 11.3 Å². The number of ether oxygens (including phenoxy) is 1. The first kappa shape index (κ1) is 11.9. The third-order valence-electron chi connectivity index (χ3n) is 2.70. The fraction of sp³-hybridized carbons (Fsp3) is 0.0667. The maximum atomic E-state index is 11.8. The molecule has 19 heavy (non-hydrogen) atoms. The number of hydrogen-bond donors (Lipinski definition) is 0. The van der Waals surface area contributed by atoms with E-state index in [1.54, 1.807) is 6.08 Å². The molecule has 1 aromatic heterocycles. The molecule has 0 saturated carbocycles. The average Bonchev–Trinajstić information content (AvgIpc) is 3.00. The monoisotopic (exact) mass is 269 g/mol. The molecule has 0 unspecified atom stereocenters. The Labute approximate surface area is 114 Å². The molecule has 0 N–H and O–H groups in total. The van der Waals surface area contributed by atoms with Gasteiger partial charge in [0.1, 0.15) is 0 Å². The van der Waals surface area contributed by atoms with Crippen molar-refractivity contribution in [3.63, 3.8) is 0 Å². The molecule has 0 amide bonds. The number of hydrogen-bond acceptors (Lipinski definition) is 4. The average molecular weight is 269 g/mol. The molecule has 0 bridgehead atoms. The summed E-state index contributed by atoms with van der Waals surface area (Å²) in [4.78, 5) is 16.9. The van der Waals surface area contributed by atoms with Crippen LogP contribution in [-0.2, 0) is 9.53 Å². The minimum absolute atomic E-state index is 0.342. The lowest BCUT2D eigenvalue weighted by molar-refractivity contribution is -0.129. The standard InChI is InChI=1S/C15H11NO2S/c1-10-4-2-5-11(8-10)9-12-15(17)18-14(16-12)13-6-3-7-19-13/h2-9H,1H3/b12-9+. The van der Waals surface area contributed by atoms with Crippen molar-refractivity contribution in [3.8, 4) is 0 Å². The van der Waals surface area contributed by atoms with E-state index in [1.807, 2.05) is 48.7 Å². The number of thiophene rings is 1. The Hall–Kier alpha value is -2.20. The molecule has 1 aliphatic rings. The molecule has 0 aliphatic carbocycles. The summed E-state index contributed by atoms with van der Waals surface area (Å²) in [5.74, 6) is -0.0104. The topological polar surface area (TPSA) is 38.7 Å². The lowest BCUT2D eigenvalue weighted by atomic mass is 10.1. The Morgan fingerprint density at radius 1 is 1.26 bits per heavy atom. The number of esters is 1. The van der Waals surface area contributed by atoms with Crippen molar-refractivity contribution in [1.29, 1.82) is 0 Å². The molecule has 0 atom stereocenters. The van der Waals surface area contributed by atoms with Crippen LogP contribution in [0.3, 0.4) is 0 Å². The largest absolute Gasteiger partial charge is 0.401 e. The zero-order valence-corrected chi connectivity index (χ0v) is 11.1. The Balaban J connectivity index is 1.95. The highest BCUT2D eigenvalue weighted by Crippen LogP contribution is 2.21. The van der Waals surface area contributed by atoms with Crippen molar-refractivity contribution in [3.05, 3.63) is 63.5 Å². The van der Waals surface area contributed by atoms with Gasteiger partial charge in [-0.1, -0.05) is 35.9 Å². The van der Waals surface area contributed by atoms with E-state index in [1.165, 1.54) is 11.3 Å². The van der Waals surface area contributed by atoms with Crippen molar-refractivity contribution in [2.75, 3.05) is 0 Å². The maximum absolute atomic E-state index is 11.8. The highest BCUT2D eigenvalue weighted by Gasteiger charge is 2.24. The summed E-state index contributed by atoms with van der Waals surface area (Å²) in [6, 6.07) is 11.7. The summed E-state index contributed by atoms with van der Waals surface area (Å²) >= 11 is 1.50.